The Morgan fingerprint density at radius 3 is 2.64 bits per heavy atom. The molecule has 1 radical (unpaired) electrons. The van der Waals surface area contributed by atoms with Crippen molar-refractivity contribution in [3.05, 3.63) is 0 Å². The van der Waals surface area contributed by atoms with Gasteiger partial charge < -0.3 is 4.74 Å². The van der Waals surface area contributed by atoms with Crippen molar-refractivity contribution in [3.8, 4) is 0 Å². The zero-order valence-corrected chi connectivity index (χ0v) is 7.38. The molecule has 1 rings (SSSR count). The van der Waals surface area contributed by atoms with Gasteiger partial charge in [0, 0.05) is 13.6 Å². The molecule has 65 valence electrons. The Kier molecular flexibility index (Phi) is 4.55. The van der Waals surface area contributed by atoms with Crippen LogP contribution in [-0.2, 0) is 4.74 Å². The summed E-state index contributed by atoms with van der Waals surface area (Å²) in [6.07, 6.45) is 7.19. The van der Waals surface area contributed by atoms with Crippen LogP contribution in [0.3, 0.4) is 0 Å². The van der Waals surface area contributed by atoms with E-state index in [4.69, 9.17) is 4.74 Å². The van der Waals surface area contributed by atoms with E-state index in [-0.39, 0.29) is 0 Å². The highest BCUT2D eigenvalue weighted by molar-refractivity contribution is 4.64. The van der Waals surface area contributed by atoms with Crippen LogP contribution in [0, 0.1) is 0 Å². The quantitative estimate of drug-likeness (QED) is 0.567. The molecule has 2 nitrogen and oxygen atoms in total. The van der Waals surface area contributed by atoms with Gasteiger partial charge in [0.25, 0.3) is 0 Å². The van der Waals surface area contributed by atoms with E-state index in [0.717, 1.165) is 13.2 Å². The molecule has 0 N–H and O–H groups in total. The van der Waals surface area contributed by atoms with E-state index in [1.165, 1.54) is 32.1 Å². The van der Waals surface area contributed by atoms with Gasteiger partial charge in [0.15, 0.2) is 0 Å². The lowest BCUT2D eigenvalue weighted by Crippen LogP contribution is -2.20. The largest absolute Gasteiger partial charge is 0.377 e. The van der Waals surface area contributed by atoms with Crippen molar-refractivity contribution in [2.45, 2.75) is 38.2 Å². The maximum absolute atomic E-state index is 5.63. The average molecular weight is 156 g/mol. The lowest BCUT2D eigenvalue weighted by atomic mass is 9.98. The molecule has 1 aliphatic rings. The maximum atomic E-state index is 5.63. The molecule has 0 atom stereocenters. The zero-order chi connectivity index (χ0) is 7.94. The van der Waals surface area contributed by atoms with E-state index in [2.05, 4.69) is 5.32 Å². The summed E-state index contributed by atoms with van der Waals surface area (Å²) < 4.78 is 5.63. The fraction of sp³-hybridized carbons (Fsp3) is 1.00. The van der Waals surface area contributed by atoms with Gasteiger partial charge in [-0.25, -0.2) is 5.32 Å². The number of ether oxygens (including phenoxy) is 1. The fourth-order valence-electron chi connectivity index (χ4n) is 1.54. The first kappa shape index (κ1) is 9.01. The normalized spacial score (nSPS) is 20.5. The van der Waals surface area contributed by atoms with Crippen molar-refractivity contribution in [2.24, 2.45) is 0 Å². The fourth-order valence-corrected chi connectivity index (χ4v) is 1.54. The predicted molar refractivity (Wildman–Crippen MR) is 45.8 cm³/mol. The van der Waals surface area contributed by atoms with Crippen LogP contribution in [-0.4, -0.2) is 26.3 Å². The highest BCUT2D eigenvalue weighted by Gasteiger charge is 2.12. The maximum Gasteiger partial charge on any atom is 0.0611 e. The highest BCUT2D eigenvalue weighted by Crippen LogP contribution is 2.19. The van der Waals surface area contributed by atoms with Gasteiger partial charge in [-0.05, 0) is 12.8 Å². The van der Waals surface area contributed by atoms with Crippen molar-refractivity contribution in [2.75, 3.05) is 20.2 Å². The second-order valence-electron chi connectivity index (χ2n) is 3.17. The van der Waals surface area contributed by atoms with Crippen LogP contribution in [0.5, 0.6) is 0 Å². The number of likely N-dealkylation sites (N-methyl/N-ethyl adjacent to an activating group) is 1. The van der Waals surface area contributed by atoms with Crippen LogP contribution in [0.2, 0.25) is 0 Å². The Labute approximate surface area is 69.3 Å². The topological polar surface area (TPSA) is 23.3 Å². The van der Waals surface area contributed by atoms with Gasteiger partial charge in [0.2, 0.25) is 0 Å². The molecule has 0 aromatic carbocycles. The van der Waals surface area contributed by atoms with E-state index in [9.17, 15) is 0 Å². The van der Waals surface area contributed by atoms with Gasteiger partial charge in [0.1, 0.15) is 0 Å². The Morgan fingerprint density at radius 2 is 2.00 bits per heavy atom. The summed E-state index contributed by atoms with van der Waals surface area (Å²) in [6, 6.07) is 0. The Balaban J connectivity index is 1.96. The van der Waals surface area contributed by atoms with Gasteiger partial charge in [-0.1, -0.05) is 19.3 Å². The summed E-state index contributed by atoms with van der Waals surface area (Å²) in [5, 5.41) is 4.00. The van der Waals surface area contributed by atoms with Crippen molar-refractivity contribution < 1.29 is 4.74 Å². The van der Waals surface area contributed by atoms with E-state index in [0.29, 0.717) is 6.10 Å². The molecule has 1 aliphatic carbocycles. The standard InChI is InChI=1S/C9H18NO/c1-10-7-8-11-9-5-3-2-4-6-9/h9H,2-8H2,1H3. The number of hydrogen-bond donors (Lipinski definition) is 0. The zero-order valence-electron chi connectivity index (χ0n) is 7.38. The summed E-state index contributed by atoms with van der Waals surface area (Å²) in [5.41, 5.74) is 0. The first-order valence-electron chi connectivity index (χ1n) is 4.60. The molecule has 0 aromatic rings. The third-order valence-corrected chi connectivity index (χ3v) is 2.22. The number of rotatable bonds is 4. The second-order valence-corrected chi connectivity index (χ2v) is 3.17. The van der Waals surface area contributed by atoms with Gasteiger partial charge in [-0.2, -0.15) is 0 Å². The molecule has 1 fully saturated rings. The van der Waals surface area contributed by atoms with E-state index in [1.54, 1.807) is 0 Å². The molecule has 0 bridgehead atoms. The van der Waals surface area contributed by atoms with E-state index >= 15 is 0 Å². The molecule has 0 aromatic heterocycles. The van der Waals surface area contributed by atoms with Gasteiger partial charge in [0.05, 0.1) is 12.7 Å². The third-order valence-electron chi connectivity index (χ3n) is 2.22. The first-order chi connectivity index (χ1) is 5.43. The minimum atomic E-state index is 0.547. The van der Waals surface area contributed by atoms with E-state index < -0.39 is 0 Å². The minimum absolute atomic E-state index is 0.547. The molecule has 0 unspecified atom stereocenters. The summed E-state index contributed by atoms with van der Waals surface area (Å²) in [7, 11) is 1.84. The third kappa shape index (κ3) is 3.73. The molecular formula is C9H18NO. The van der Waals surface area contributed by atoms with Crippen LogP contribution in [0.25, 0.3) is 0 Å². The Morgan fingerprint density at radius 1 is 1.27 bits per heavy atom. The first-order valence-corrected chi connectivity index (χ1v) is 4.60. The monoisotopic (exact) mass is 156 g/mol. The molecule has 0 aliphatic heterocycles. The number of nitrogens with zero attached hydrogens (tertiary/aromatic N) is 1. The van der Waals surface area contributed by atoms with Crippen LogP contribution < -0.4 is 5.32 Å². The second kappa shape index (κ2) is 5.56. The molecule has 0 saturated heterocycles. The smallest absolute Gasteiger partial charge is 0.0611 e. The summed E-state index contributed by atoms with van der Waals surface area (Å²) >= 11 is 0. The van der Waals surface area contributed by atoms with Crippen LogP contribution in [0.4, 0.5) is 0 Å². The SMILES string of the molecule is C[N]CCOC1CCCCC1. The van der Waals surface area contributed by atoms with Crippen LogP contribution in [0.15, 0.2) is 0 Å². The highest BCUT2D eigenvalue weighted by atomic mass is 16.5. The lowest BCUT2D eigenvalue weighted by molar-refractivity contribution is 0.0307. The van der Waals surface area contributed by atoms with Gasteiger partial charge in [-0.15, -0.1) is 0 Å². The van der Waals surface area contributed by atoms with Crippen LogP contribution in [0.1, 0.15) is 32.1 Å². The van der Waals surface area contributed by atoms with E-state index in [1.807, 2.05) is 7.05 Å². The molecule has 0 spiro atoms. The summed E-state index contributed by atoms with van der Waals surface area (Å²) in [4.78, 5) is 0. The van der Waals surface area contributed by atoms with Crippen molar-refractivity contribution in [3.63, 3.8) is 0 Å². The van der Waals surface area contributed by atoms with Crippen molar-refractivity contribution >= 4 is 0 Å². The van der Waals surface area contributed by atoms with Crippen molar-refractivity contribution in [1.29, 1.82) is 0 Å². The van der Waals surface area contributed by atoms with Crippen molar-refractivity contribution in [1.82, 2.24) is 5.32 Å². The molecular weight excluding hydrogens is 138 g/mol. The predicted octanol–water partition coefficient (Wildman–Crippen LogP) is 1.57. The molecule has 0 amide bonds. The summed E-state index contributed by atoms with van der Waals surface area (Å²) in [6.45, 7) is 1.68. The number of hydrogen-bond acceptors (Lipinski definition) is 1. The molecule has 11 heavy (non-hydrogen) atoms. The van der Waals surface area contributed by atoms with Crippen LogP contribution >= 0.6 is 0 Å². The summed E-state index contributed by atoms with van der Waals surface area (Å²) in [5.74, 6) is 0. The molecule has 1 saturated carbocycles. The molecule has 2 heteroatoms. The molecule has 0 heterocycles. The average Bonchev–Trinajstić information content (AvgIpc) is 2.07. The van der Waals surface area contributed by atoms with Gasteiger partial charge in [-0.3, -0.25) is 0 Å². The Hall–Kier alpha value is -0.0800. The Bertz CT molecular complexity index is 89.6. The minimum Gasteiger partial charge on any atom is -0.377 e. The van der Waals surface area contributed by atoms with Gasteiger partial charge >= 0.3 is 0 Å². The lowest BCUT2D eigenvalue weighted by Gasteiger charge is -2.21.